The van der Waals surface area contributed by atoms with Crippen LogP contribution in [0.15, 0.2) is 21.9 Å². The molecular formula is C16H23N3O5. The maximum Gasteiger partial charge on any atom is 0.328 e. The normalized spacial score (nSPS) is 29.5. The van der Waals surface area contributed by atoms with Gasteiger partial charge in [-0.1, -0.05) is 0 Å². The largest absolute Gasteiger partial charge is 0.393 e. The first kappa shape index (κ1) is 16.9. The van der Waals surface area contributed by atoms with Crippen molar-refractivity contribution >= 4 is 5.91 Å². The zero-order valence-electron chi connectivity index (χ0n) is 13.7. The van der Waals surface area contributed by atoms with Gasteiger partial charge >= 0.3 is 5.69 Å². The smallest absolute Gasteiger partial charge is 0.328 e. The maximum absolute atomic E-state index is 12.6. The number of aryl methyl sites for hydroxylation is 1. The lowest BCUT2D eigenvalue weighted by molar-refractivity contribution is -0.140. The summed E-state index contributed by atoms with van der Waals surface area (Å²) in [4.78, 5) is 39.3. The number of nitrogens with zero attached hydrogens (tertiary/aromatic N) is 2. The summed E-state index contributed by atoms with van der Waals surface area (Å²) in [6.45, 7) is 0.810. The molecule has 1 saturated carbocycles. The number of ether oxygens (including phenoxy) is 1. The lowest BCUT2D eigenvalue weighted by atomic mass is 9.79. The maximum atomic E-state index is 12.6. The molecular weight excluding hydrogens is 314 g/mol. The SMILES string of the molecule is CO[C@@]12CC[C@@H](O)C[C@@H]1N(C(=O)CCn1ccc(=O)[nH]c1=O)CC2. The number of H-pyrrole nitrogens is 1. The summed E-state index contributed by atoms with van der Waals surface area (Å²) in [5.41, 5.74) is -1.33. The van der Waals surface area contributed by atoms with Gasteiger partial charge in [0.25, 0.3) is 5.56 Å². The first-order valence-electron chi connectivity index (χ1n) is 8.28. The standard InChI is InChI=1S/C16H23N3O5/c1-24-16-5-2-11(20)10-12(16)19(9-6-16)14(22)4-8-18-7-3-13(21)17-15(18)23/h3,7,11-12,20H,2,4-6,8-10H2,1H3,(H,17,21,23)/t11-,12+,16-/m1/s1. The number of aromatic amines is 1. The number of hydrogen-bond acceptors (Lipinski definition) is 5. The van der Waals surface area contributed by atoms with Crippen LogP contribution < -0.4 is 11.2 Å². The molecule has 2 fully saturated rings. The number of amides is 1. The lowest BCUT2D eigenvalue weighted by Crippen LogP contribution is -2.52. The van der Waals surface area contributed by atoms with Crippen LogP contribution >= 0.6 is 0 Å². The van der Waals surface area contributed by atoms with Crippen molar-refractivity contribution in [2.75, 3.05) is 13.7 Å². The highest BCUT2D eigenvalue weighted by Gasteiger charge is 2.52. The van der Waals surface area contributed by atoms with Crippen molar-refractivity contribution in [3.8, 4) is 0 Å². The van der Waals surface area contributed by atoms with Gasteiger partial charge in [0.05, 0.1) is 17.7 Å². The van der Waals surface area contributed by atoms with E-state index in [0.717, 1.165) is 12.8 Å². The highest BCUT2D eigenvalue weighted by Crippen LogP contribution is 2.42. The van der Waals surface area contributed by atoms with Crippen molar-refractivity contribution in [1.82, 2.24) is 14.5 Å². The van der Waals surface area contributed by atoms with E-state index in [4.69, 9.17) is 4.74 Å². The van der Waals surface area contributed by atoms with Gasteiger partial charge in [-0.2, -0.15) is 0 Å². The van der Waals surface area contributed by atoms with Crippen LogP contribution in [0.4, 0.5) is 0 Å². The predicted molar refractivity (Wildman–Crippen MR) is 85.7 cm³/mol. The number of carbonyl (C=O) groups is 1. The van der Waals surface area contributed by atoms with Gasteiger partial charge in [0.2, 0.25) is 5.91 Å². The van der Waals surface area contributed by atoms with Gasteiger partial charge in [-0.25, -0.2) is 4.79 Å². The van der Waals surface area contributed by atoms with E-state index >= 15 is 0 Å². The van der Waals surface area contributed by atoms with Gasteiger partial charge in [0.15, 0.2) is 0 Å². The van der Waals surface area contributed by atoms with Gasteiger partial charge in [-0.3, -0.25) is 14.6 Å². The Morgan fingerprint density at radius 1 is 1.46 bits per heavy atom. The quantitative estimate of drug-likeness (QED) is 0.768. The number of hydrogen-bond donors (Lipinski definition) is 2. The molecule has 8 nitrogen and oxygen atoms in total. The van der Waals surface area contributed by atoms with Gasteiger partial charge in [-0.05, 0) is 25.7 Å². The van der Waals surface area contributed by atoms with Crippen molar-refractivity contribution < 1.29 is 14.6 Å². The molecule has 1 aliphatic heterocycles. The fourth-order valence-corrected chi connectivity index (χ4v) is 3.95. The minimum atomic E-state index is -0.518. The van der Waals surface area contributed by atoms with Crippen molar-refractivity contribution in [1.29, 1.82) is 0 Å². The van der Waals surface area contributed by atoms with E-state index in [0.29, 0.717) is 19.4 Å². The van der Waals surface area contributed by atoms with Crippen LogP contribution in [0.1, 0.15) is 32.1 Å². The number of aromatic nitrogens is 2. The third-order valence-corrected chi connectivity index (χ3v) is 5.35. The third kappa shape index (κ3) is 3.03. The van der Waals surface area contributed by atoms with E-state index in [1.54, 1.807) is 12.0 Å². The minimum Gasteiger partial charge on any atom is -0.393 e. The number of fused-ring (bicyclic) bond motifs is 1. The van der Waals surface area contributed by atoms with Gasteiger partial charge in [-0.15, -0.1) is 0 Å². The van der Waals surface area contributed by atoms with Crippen LogP contribution in [0, 0.1) is 0 Å². The number of aliphatic hydroxyl groups excluding tert-OH is 1. The molecule has 24 heavy (non-hydrogen) atoms. The average molecular weight is 337 g/mol. The molecule has 1 aromatic rings. The Bertz CT molecular complexity index is 727. The highest BCUT2D eigenvalue weighted by atomic mass is 16.5. The second-order valence-corrected chi connectivity index (χ2v) is 6.60. The molecule has 1 aliphatic carbocycles. The molecule has 8 heteroatoms. The van der Waals surface area contributed by atoms with E-state index in [1.807, 2.05) is 0 Å². The van der Waals surface area contributed by atoms with Crippen molar-refractivity contribution in [2.45, 2.75) is 56.4 Å². The minimum absolute atomic E-state index is 0.0638. The van der Waals surface area contributed by atoms with Crippen LogP contribution in [0.25, 0.3) is 0 Å². The van der Waals surface area contributed by atoms with Crippen LogP contribution in [-0.4, -0.2) is 56.9 Å². The molecule has 0 aromatic carbocycles. The highest BCUT2D eigenvalue weighted by molar-refractivity contribution is 5.77. The van der Waals surface area contributed by atoms with Gasteiger partial charge < -0.3 is 19.3 Å². The van der Waals surface area contributed by atoms with Crippen LogP contribution in [0.3, 0.4) is 0 Å². The summed E-state index contributed by atoms with van der Waals surface area (Å²) >= 11 is 0. The first-order chi connectivity index (χ1) is 11.4. The average Bonchev–Trinajstić information content (AvgIpc) is 2.93. The number of rotatable bonds is 4. The molecule has 3 atom stereocenters. The summed E-state index contributed by atoms with van der Waals surface area (Å²) in [7, 11) is 1.67. The van der Waals surface area contributed by atoms with Crippen LogP contribution in [0.5, 0.6) is 0 Å². The Morgan fingerprint density at radius 3 is 2.96 bits per heavy atom. The molecule has 1 saturated heterocycles. The van der Waals surface area contributed by atoms with Crippen molar-refractivity contribution in [2.24, 2.45) is 0 Å². The fraction of sp³-hybridized carbons (Fsp3) is 0.688. The van der Waals surface area contributed by atoms with Gasteiger partial charge in [0.1, 0.15) is 0 Å². The lowest BCUT2D eigenvalue weighted by Gasteiger charge is -2.42. The predicted octanol–water partition coefficient (Wildman–Crippen LogP) is -0.542. The molecule has 132 valence electrons. The molecule has 0 radical (unpaired) electrons. The fourth-order valence-electron chi connectivity index (χ4n) is 3.95. The summed E-state index contributed by atoms with van der Waals surface area (Å²) < 4.78 is 7.04. The zero-order chi connectivity index (χ0) is 17.3. The Labute approximate surface area is 139 Å². The Kier molecular flexibility index (Phi) is 4.60. The molecule has 0 spiro atoms. The summed E-state index contributed by atoms with van der Waals surface area (Å²) in [6.07, 6.45) is 3.88. The number of carbonyl (C=O) groups excluding carboxylic acids is 1. The molecule has 2 N–H and O–H groups in total. The second-order valence-electron chi connectivity index (χ2n) is 6.60. The zero-order valence-corrected chi connectivity index (χ0v) is 13.7. The molecule has 0 bridgehead atoms. The molecule has 2 aliphatic rings. The molecule has 2 heterocycles. The number of nitrogens with one attached hydrogen (secondary N) is 1. The molecule has 1 aromatic heterocycles. The van der Waals surface area contributed by atoms with Crippen LogP contribution in [0.2, 0.25) is 0 Å². The number of likely N-dealkylation sites (tertiary alicyclic amines) is 1. The van der Waals surface area contributed by atoms with E-state index in [2.05, 4.69) is 4.98 Å². The Balaban J connectivity index is 1.68. The second kappa shape index (κ2) is 6.52. The summed E-state index contributed by atoms with van der Waals surface area (Å²) in [5, 5.41) is 9.96. The first-order valence-corrected chi connectivity index (χ1v) is 8.28. The molecule has 0 unspecified atom stereocenters. The Hall–Kier alpha value is -1.93. The van der Waals surface area contributed by atoms with Crippen molar-refractivity contribution in [3.63, 3.8) is 0 Å². The topological polar surface area (TPSA) is 105 Å². The monoisotopic (exact) mass is 337 g/mol. The summed E-state index contributed by atoms with van der Waals surface area (Å²) in [6, 6.07) is 1.14. The van der Waals surface area contributed by atoms with Crippen LogP contribution in [-0.2, 0) is 16.1 Å². The third-order valence-electron chi connectivity index (χ3n) is 5.35. The van der Waals surface area contributed by atoms with Gasteiger partial charge in [0, 0.05) is 38.9 Å². The number of aliphatic hydroxyl groups is 1. The number of methoxy groups -OCH3 is 1. The van der Waals surface area contributed by atoms with E-state index in [1.165, 1.54) is 16.8 Å². The van der Waals surface area contributed by atoms with E-state index < -0.39 is 17.4 Å². The van der Waals surface area contributed by atoms with Crippen molar-refractivity contribution in [3.05, 3.63) is 33.1 Å². The Morgan fingerprint density at radius 2 is 2.25 bits per heavy atom. The van der Waals surface area contributed by atoms with E-state index in [9.17, 15) is 19.5 Å². The van der Waals surface area contributed by atoms with E-state index in [-0.39, 0.29) is 30.5 Å². The molecule has 3 rings (SSSR count). The molecule has 1 amide bonds. The summed E-state index contributed by atoms with van der Waals surface area (Å²) in [5.74, 6) is -0.0638.